The number of rotatable bonds is 1. The standard InChI is InChI=1S/C13H17N3/c1-13(2)10-15-7-8-16(13)12-6-4-3-5-11(12)9-14/h3-6,15H,7-8,10H2,1-2H3. The fraction of sp³-hybridized carbons (Fsp3) is 0.462. The Hall–Kier alpha value is -1.53. The van der Waals surface area contributed by atoms with E-state index < -0.39 is 0 Å². The van der Waals surface area contributed by atoms with Gasteiger partial charge >= 0.3 is 0 Å². The van der Waals surface area contributed by atoms with Crippen LogP contribution in [-0.2, 0) is 0 Å². The molecule has 0 saturated carbocycles. The number of anilines is 1. The molecule has 0 amide bonds. The van der Waals surface area contributed by atoms with Crippen molar-refractivity contribution in [1.29, 1.82) is 5.26 Å². The predicted octanol–water partition coefficient (Wildman–Crippen LogP) is 1.75. The van der Waals surface area contributed by atoms with Crippen LogP contribution in [0.25, 0.3) is 0 Å². The Balaban J connectivity index is 2.39. The Morgan fingerprint density at radius 2 is 2.12 bits per heavy atom. The van der Waals surface area contributed by atoms with E-state index in [1.165, 1.54) is 0 Å². The maximum atomic E-state index is 9.13. The first-order chi connectivity index (χ1) is 7.65. The molecule has 16 heavy (non-hydrogen) atoms. The van der Waals surface area contributed by atoms with E-state index in [2.05, 4.69) is 30.1 Å². The molecular weight excluding hydrogens is 198 g/mol. The van der Waals surface area contributed by atoms with E-state index in [9.17, 15) is 0 Å². The number of hydrogen-bond donors (Lipinski definition) is 1. The summed E-state index contributed by atoms with van der Waals surface area (Å²) in [5.41, 5.74) is 1.87. The average molecular weight is 215 g/mol. The summed E-state index contributed by atoms with van der Waals surface area (Å²) >= 11 is 0. The normalized spacial score (nSPS) is 19.2. The van der Waals surface area contributed by atoms with Crippen LogP contribution in [0.3, 0.4) is 0 Å². The van der Waals surface area contributed by atoms with Crippen molar-refractivity contribution in [2.45, 2.75) is 19.4 Å². The van der Waals surface area contributed by atoms with Crippen molar-refractivity contribution in [1.82, 2.24) is 5.32 Å². The number of benzene rings is 1. The topological polar surface area (TPSA) is 39.1 Å². The summed E-state index contributed by atoms with van der Waals surface area (Å²) < 4.78 is 0. The number of nitrogens with one attached hydrogen (secondary N) is 1. The van der Waals surface area contributed by atoms with Crippen molar-refractivity contribution in [3.63, 3.8) is 0 Å². The van der Waals surface area contributed by atoms with Gasteiger partial charge in [0.15, 0.2) is 0 Å². The van der Waals surface area contributed by atoms with E-state index in [-0.39, 0.29) is 5.54 Å². The molecule has 0 unspecified atom stereocenters. The highest BCUT2D eigenvalue weighted by Crippen LogP contribution is 2.27. The summed E-state index contributed by atoms with van der Waals surface area (Å²) in [7, 11) is 0. The quantitative estimate of drug-likeness (QED) is 0.775. The average Bonchev–Trinajstić information content (AvgIpc) is 2.28. The number of nitrogens with zero attached hydrogens (tertiary/aromatic N) is 2. The molecule has 1 aliphatic rings. The Kier molecular flexibility index (Phi) is 2.84. The summed E-state index contributed by atoms with van der Waals surface area (Å²) in [6.45, 7) is 7.28. The van der Waals surface area contributed by atoms with Gasteiger partial charge in [-0.25, -0.2) is 0 Å². The minimum atomic E-state index is 0.0607. The Morgan fingerprint density at radius 3 is 2.81 bits per heavy atom. The van der Waals surface area contributed by atoms with Gasteiger partial charge in [0.2, 0.25) is 0 Å². The molecule has 0 spiro atoms. The fourth-order valence-electron chi connectivity index (χ4n) is 2.23. The Bertz CT molecular complexity index is 417. The molecule has 2 rings (SSSR count). The monoisotopic (exact) mass is 215 g/mol. The second-order valence-electron chi connectivity index (χ2n) is 4.77. The van der Waals surface area contributed by atoms with E-state index in [0.717, 1.165) is 30.9 Å². The van der Waals surface area contributed by atoms with Crippen LogP contribution in [-0.4, -0.2) is 25.2 Å². The van der Waals surface area contributed by atoms with Gasteiger partial charge in [-0.3, -0.25) is 0 Å². The van der Waals surface area contributed by atoms with Gasteiger partial charge in [0, 0.05) is 25.2 Å². The van der Waals surface area contributed by atoms with Crippen LogP contribution in [0.2, 0.25) is 0 Å². The van der Waals surface area contributed by atoms with Crippen molar-refractivity contribution >= 4 is 5.69 Å². The van der Waals surface area contributed by atoms with Crippen LogP contribution in [0.15, 0.2) is 24.3 Å². The van der Waals surface area contributed by atoms with Crippen LogP contribution in [0.5, 0.6) is 0 Å². The number of piperazine rings is 1. The molecule has 1 fully saturated rings. The molecule has 1 aromatic rings. The molecule has 0 bridgehead atoms. The first kappa shape index (κ1) is 11.0. The zero-order valence-corrected chi connectivity index (χ0v) is 9.83. The van der Waals surface area contributed by atoms with E-state index in [1.807, 2.05) is 24.3 Å². The molecule has 0 atom stereocenters. The lowest BCUT2D eigenvalue weighted by Gasteiger charge is -2.44. The molecule has 3 nitrogen and oxygen atoms in total. The van der Waals surface area contributed by atoms with Gasteiger partial charge < -0.3 is 10.2 Å². The molecule has 1 saturated heterocycles. The lowest BCUT2D eigenvalue weighted by atomic mass is 9.98. The van der Waals surface area contributed by atoms with Crippen LogP contribution >= 0.6 is 0 Å². The molecule has 1 N–H and O–H groups in total. The SMILES string of the molecule is CC1(C)CNCCN1c1ccccc1C#N. The second kappa shape index (κ2) is 4.15. The van der Waals surface area contributed by atoms with E-state index in [1.54, 1.807) is 0 Å². The highest BCUT2D eigenvalue weighted by Gasteiger charge is 2.30. The maximum absolute atomic E-state index is 9.13. The number of hydrogen-bond acceptors (Lipinski definition) is 3. The van der Waals surface area contributed by atoms with Crippen LogP contribution < -0.4 is 10.2 Å². The molecule has 0 aromatic heterocycles. The van der Waals surface area contributed by atoms with E-state index in [0.29, 0.717) is 0 Å². The number of para-hydroxylation sites is 1. The van der Waals surface area contributed by atoms with Crippen molar-refractivity contribution in [3.8, 4) is 6.07 Å². The maximum Gasteiger partial charge on any atom is 0.101 e. The van der Waals surface area contributed by atoms with Gasteiger partial charge in [0.1, 0.15) is 6.07 Å². The minimum Gasteiger partial charge on any atom is -0.363 e. The highest BCUT2D eigenvalue weighted by molar-refractivity contribution is 5.61. The molecule has 0 aliphatic carbocycles. The molecular formula is C13H17N3. The van der Waals surface area contributed by atoms with Crippen molar-refractivity contribution in [2.75, 3.05) is 24.5 Å². The second-order valence-corrected chi connectivity index (χ2v) is 4.77. The smallest absolute Gasteiger partial charge is 0.101 e. The van der Waals surface area contributed by atoms with E-state index >= 15 is 0 Å². The molecule has 1 aliphatic heterocycles. The highest BCUT2D eigenvalue weighted by atomic mass is 15.3. The third kappa shape index (κ3) is 1.89. The zero-order chi connectivity index (χ0) is 11.6. The van der Waals surface area contributed by atoms with Gasteiger partial charge in [-0.15, -0.1) is 0 Å². The summed E-state index contributed by atoms with van der Waals surface area (Å²) in [6, 6.07) is 10.1. The lowest BCUT2D eigenvalue weighted by molar-refractivity contribution is 0.380. The minimum absolute atomic E-state index is 0.0607. The van der Waals surface area contributed by atoms with Gasteiger partial charge in [-0.2, -0.15) is 5.26 Å². The summed E-state index contributed by atoms with van der Waals surface area (Å²) in [6.07, 6.45) is 0. The molecule has 1 heterocycles. The summed E-state index contributed by atoms with van der Waals surface area (Å²) in [5, 5.41) is 12.5. The largest absolute Gasteiger partial charge is 0.363 e. The van der Waals surface area contributed by atoms with Gasteiger partial charge in [0.05, 0.1) is 11.3 Å². The first-order valence-corrected chi connectivity index (χ1v) is 5.63. The Morgan fingerprint density at radius 1 is 1.38 bits per heavy atom. The summed E-state index contributed by atoms with van der Waals surface area (Å²) in [4.78, 5) is 2.32. The van der Waals surface area contributed by atoms with Gasteiger partial charge in [-0.1, -0.05) is 12.1 Å². The summed E-state index contributed by atoms with van der Waals surface area (Å²) in [5.74, 6) is 0. The first-order valence-electron chi connectivity index (χ1n) is 5.63. The van der Waals surface area contributed by atoms with Gasteiger partial charge in [-0.05, 0) is 26.0 Å². The number of nitriles is 1. The molecule has 3 heteroatoms. The van der Waals surface area contributed by atoms with Crippen molar-refractivity contribution in [2.24, 2.45) is 0 Å². The molecule has 84 valence electrons. The van der Waals surface area contributed by atoms with Gasteiger partial charge in [0.25, 0.3) is 0 Å². The van der Waals surface area contributed by atoms with E-state index in [4.69, 9.17) is 5.26 Å². The molecule has 0 radical (unpaired) electrons. The van der Waals surface area contributed by atoms with Crippen molar-refractivity contribution < 1.29 is 0 Å². The van der Waals surface area contributed by atoms with Crippen LogP contribution in [0.1, 0.15) is 19.4 Å². The fourth-order valence-corrected chi connectivity index (χ4v) is 2.23. The van der Waals surface area contributed by atoms with Crippen LogP contribution in [0, 0.1) is 11.3 Å². The Labute approximate surface area is 96.7 Å². The third-order valence-corrected chi connectivity index (χ3v) is 3.12. The zero-order valence-electron chi connectivity index (χ0n) is 9.83. The third-order valence-electron chi connectivity index (χ3n) is 3.12. The lowest BCUT2D eigenvalue weighted by Crippen LogP contribution is -2.58. The van der Waals surface area contributed by atoms with Crippen LogP contribution in [0.4, 0.5) is 5.69 Å². The predicted molar refractivity (Wildman–Crippen MR) is 65.5 cm³/mol. The molecule has 1 aromatic carbocycles. The van der Waals surface area contributed by atoms with Crippen molar-refractivity contribution in [3.05, 3.63) is 29.8 Å².